The van der Waals surface area contributed by atoms with Crippen LogP contribution in [0.5, 0.6) is 0 Å². The fraction of sp³-hybridized carbons (Fsp3) is 0.174. The van der Waals surface area contributed by atoms with E-state index in [2.05, 4.69) is 207 Å². The van der Waals surface area contributed by atoms with E-state index in [-0.39, 0.29) is 0 Å². The molecule has 0 unspecified atom stereocenters. The second-order valence-electron chi connectivity index (χ2n) is 11.9. The van der Waals surface area contributed by atoms with Gasteiger partial charge < -0.3 is 9.80 Å². The summed E-state index contributed by atoms with van der Waals surface area (Å²) in [7, 11) is 0. The standard InChI is InChI=1S/C46H48N2/c1-5-47(6-2)45-33-29-43(30-34-45)27-25-41-21-17-39(18-22-41)15-13-37-9-11-38(12-10-37)14-16-40-19-23-42(24-20-40)26-28-44-31-35-46(36-32-44)48(7-3)8-4/h9-36H,5-8H2,1-4H3/b15-13+,16-14+,27-25+,28-26+. The maximum absolute atomic E-state index is 2.36. The molecule has 0 radical (unpaired) electrons. The number of rotatable bonds is 14. The van der Waals surface area contributed by atoms with Crippen LogP contribution in [0.15, 0.2) is 121 Å². The van der Waals surface area contributed by atoms with Gasteiger partial charge in [0.1, 0.15) is 0 Å². The lowest BCUT2D eigenvalue weighted by molar-refractivity contribution is 0.866. The van der Waals surface area contributed by atoms with Gasteiger partial charge in [-0.15, -0.1) is 0 Å². The molecule has 0 N–H and O–H groups in total. The number of hydrogen-bond donors (Lipinski definition) is 0. The van der Waals surface area contributed by atoms with Gasteiger partial charge in [0.2, 0.25) is 0 Å². The Balaban J connectivity index is 1.10. The molecule has 5 aromatic carbocycles. The zero-order valence-electron chi connectivity index (χ0n) is 28.9. The monoisotopic (exact) mass is 628 g/mol. The van der Waals surface area contributed by atoms with E-state index < -0.39 is 0 Å². The smallest absolute Gasteiger partial charge is 0.0366 e. The van der Waals surface area contributed by atoms with E-state index in [0.29, 0.717) is 0 Å². The molecule has 5 rings (SSSR count). The van der Waals surface area contributed by atoms with Gasteiger partial charge in [0, 0.05) is 37.6 Å². The Labute approximate surface area is 288 Å². The predicted molar refractivity (Wildman–Crippen MR) is 215 cm³/mol. The first-order valence-electron chi connectivity index (χ1n) is 17.3. The molecule has 0 atom stereocenters. The average Bonchev–Trinajstić information content (AvgIpc) is 3.15. The van der Waals surface area contributed by atoms with E-state index in [1.54, 1.807) is 0 Å². The largest absolute Gasteiger partial charge is 0.372 e. The first-order chi connectivity index (χ1) is 23.6. The van der Waals surface area contributed by atoms with Crippen molar-refractivity contribution in [3.8, 4) is 0 Å². The van der Waals surface area contributed by atoms with Crippen molar-refractivity contribution < 1.29 is 0 Å². The van der Waals surface area contributed by atoms with Crippen molar-refractivity contribution in [1.29, 1.82) is 0 Å². The molecule has 0 saturated carbocycles. The lowest BCUT2D eigenvalue weighted by Crippen LogP contribution is -2.21. The molecule has 0 bridgehead atoms. The number of anilines is 2. The molecular formula is C46H48N2. The van der Waals surface area contributed by atoms with Crippen molar-refractivity contribution in [2.75, 3.05) is 36.0 Å². The van der Waals surface area contributed by atoms with Gasteiger partial charge in [0.25, 0.3) is 0 Å². The maximum Gasteiger partial charge on any atom is 0.0366 e. The Bertz CT molecular complexity index is 1660. The zero-order valence-corrected chi connectivity index (χ0v) is 28.9. The number of nitrogens with zero attached hydrogens (tertiary/aromatic N) is 2. The Hall–Kier alpha value is -5.34. The lowest BCUT2D eigenvalue weighted by atomic mass is 10.1. The summed E-state index contributed by atoms with van der Waals surface area (Å²) in [6, 6.07) is 43.6. The predicted octanol–water partition coefficient (Wildman–Crippen LogP) is 12.1. The van der Waals surface area contributed by atoms with Crippen LogP contribution in [-0.4, -0.2) is 26.2 Å². The normalized spacial score (nSPS) is 11.8. The van der Waals surface area contributed by atoms with Crippen molar-refractivity contribution in [3.63, 3.8) is 0 Å². The summed E-state index contributed by atoms with van der Waals surface area (Å²) in [6.07, 6.45) is 17.4. The van der Waals surface area contributed by atoms with Crippen molar-refractivity contribution in [2.45, 2.75) is 27.7 Å². The second-order valence-corrected chi connectivity index (χ2v) is 11.9. The quantitative estimate of drug-likeness (QED) is 0.113. The Morgan fingerprint density at radius 1 is 0.271 bits per heavy atom. The fourth-order valence-corrected chi connectivity index (χ4v) is 5.69. The molecule has 2 nitrogen and oxygen atoms in total. The summed E-state index contributed by atoms with van der Waals surface area (Å²) in [6.45, 7) is 12.9. The summed E-state index contributed by atoms with van der Waals surface area (Å²) in [5.74, 6) is 0. The van der Waals surface area contributed by atoms with Crippen LogP contribution in [0.4, 0.5) is 11.4 Å². The van der Waals surface area contributed by atoms with E-state index in [1.807, 2.05) is 0 Å². The minimum absolute atomic E-state index is 1.03. The van der Waals surface area contributed by atoms with E-state index in [4.69, 9.17) is 0 Å². The molecule has 0 aliphatic heterocycles. The maximum atomic E-state index is 2.36. The minimum atomic E-state index is 1.03. The van der Waals surface area contributed by atoms with E-state index in [0.717, 1.165) is 26.2 Å². The molecule has 0 aromatic heterocycles. The van der Waals surface area contributed by atoms with Gasteiger partial charge >= 0.3 is 0 Å². The van der Waals surface area contributed by atoms with Crippen LogP contribution in [0.1, 0.15) is 72.2 Å². The molecule has 2 heteroatoms. The second kappa shape index (κ2) is 17.5. The van der Waals surface area contributed by atoms with E-state index >= 15 is 0 Å². The van der Waals surface area contributed by atoms with Crippen molar-refractivity contribution in [2.24, 2.45) is 0 Å². The number of benzene rings is 5. The van der Waals surface area contributed by atoms with Crippen LogP contribution >= 0.6 is 0 Å². The van der Waals surface area contributed by atoms with Gasteiger partial charge in [-0.05, 0) is 96.5 Å². The van der Waals surface area contributed by atoms with Crippen LogP contribution in [-0.2, 0) is 0 Å². The third-order valence-electron chi connectivity index (χ3n) is 8.73. The van der Waals surface area contributed by atoms with Gasteiger partial charge in [-0.25, -0.2) is 0 Å². The first kappa shape index (κ1) is 34.0. The van der Waals surface area contributed by atoms with Gasteiger partial charge in [-0.3, -0.25) is 0 Å². The number of hydrogen-bond acceptors (Lipinski definition) is 2. The minimum Gasteiger partial charge on any atom is -0.372 e. The van der Waals surface area contributed by atoms with Crippen molar-refractivity contribution in [1.82, 2.24) is 0 Å². The molecule has 5 aromatic rings. The van der Waals surface area contributed by atoms with Gasteiger partial charge in [0.15, 0.2) is 0 Å². The molecule has 0 amide bonds. The van der Waals surface area contributed by atoms with Crippen LogP contribution in [0, 0.1) is 0 Å². The third kappa shape index (κ3) is 9.83. The highest BCUT2D eigenvalue weighted by molar-refractivity contribution is 5.76. The van der Waals surface area contributed by atoms with Crippen LogP contribution < -0.4 is 9.80 Å². The molecule has 0 spiro atoms. The summed E-state index contributed by atoms with van der Waals surface area (Å²) in [4.78, 5) is 4.72. The SMILES string of the molecule is CCN(CC)c1ccc(/C=C/c2ccc(/C=C/c3ccc(/C=C/c4ccc(/C=C/c5ccc(N(CC)CC)cc5)cc4)cc3)cc2)cc1. The topological polar surface area (TPSA) is 6.48 Å². The zero-order chi connectivity index (χ0) is 33.6. The molecule has 0 saturated heterocycles. The van der Waals surface area contributed by atoms with Crippen molar-refractivity contribution >= 4 is 60.0 Å². The van der Waals surface area contributed by atoms with Gasteiger partial charge in [-0.2, -0.15) is 0 Å². The molecule has 0 aliphatic carbocycles. The summed E-state index contributed by atoms with van der Waals surface area (Å²) < 4.78 is 0. The Morgan fingerprint density at radius 3 is 0.562 bits per heavy atom. The highest BCUT2D eigenvalue weighted by atomic mass is 15.1. The van der Waals surface area contributed by atoms with E-state index in [1.165, 1.54) is 55.9 Å². The Morgan fingerprint density at radius 2 is 0.417 bits per heavy atom. The Kier molecular flexibility index (Phi) is 12.4. The van der Waals surface area contributed by atoms with Crippen LogP contribution in [0.2, 0.25) is 0 Å². The van der Waals surface area contributed by atoms with Crippen molar-refractivity contribution in [3.05, 3.63) is 166 Å². The summed E-state index contributed by atoms with van der Waals surface area (Å²) in [5, 5.41) is 0. The third-order valence-corrected chi connectivity index (χ3v) is 8.73. The summed E-state index contributed by atoms with van der Waals surface area (Å²) in [5.41, 5.74) is 12.1. The van der Waals surface area contributed by atoms with Gasteiger partial charge in [-0.1, -0.05) is 146 Å². The molecule has 0 heterocycles. The molecule has 48 heavy (non-hydrogen) atoms. The molecule has 0 fully saturated rings. The van der Waals surface area contributed by atoms with Crippen LogP contribution in [0.3, 0.4) is 0 Å². The average molecular weight is 629 g/mol. The molecular weight excluding hydrogens is 581 g/mol. The lowest BCUT2D eigenvalue weighted by Gasteiger charge is -2.20. The highest BCUT2D eigenvalue weighted by Crippen LogP contribution is 2.19. The first-order valence-corrected chi connectivity index (χ1v) is 17.3. The fourth-order valence-electron chi connectivity index (χ4n) is 5.69. The molecule has 0 aliphatic rings. The summed E-state index contributed by atoms with van der Waals surface area (Å²) >= 11 is 0. The van der Waals surface area contributed by atoms with Gasteiger partial charge in [0.05, 0.1) is 0 Å². The van der Waals surface area contributed by atoms with Crippen LogP contribution in [0.25, 0.3) is 48.6 Å². The van der Waals surface area contributed by atoms with E-state index in [9.17, 15) is 0 Å². The molecule has 242 valence electrons. The highest BCUT2D eigenvalue weighted by Gasteiger charge is 2.01.